The number of hydrogen-bond acceptors (Lipinski definition) is 6. The zero-order valence-corrected chi connectivity index (χ0v) is 15.5. The second-order valence-electron chi connectivity index (χ2n) is 5.17. The zero-order valence-electron chi connectivity index (χ0n) is 14.7. The summed E-state index contributed by atoms with van der Waals surface area (Å²) in [7, 11) is 1.56. The molecule has 0 aliphatic carbocycles. The van der Waals surface area contributed by atoms with E-state index in [4.69, 9.17) is 9.47 Å². The number of carbonyl (C=O) groups is 1. The van der Waals surface area contributed by atoms with Crippen molar-refractivity contribution < 1.29 is 14.3 Å². The third kappa shape index (κ3) is 5.93. The molecule has 2 rings (SSSR count). The standard InChI is InChI=1S/C19H21N3O3S/c1-4-11-25-16-9-8-15(12-17(16)24-3)13-21-22-19(23)14(2)26-18-7-5-6-10-20-18/h4-10,12-14H,1,11H2,2-3H3,(H,22,23)/b21-13-/t14-/m1/s1. The van der Waals surface area contributed by atoms with E-state index in [1.807, 2.05) is 24.3 Å². The highest BCUT2D eigenvalue weighted by atomic mass is 32.2. The number of methoxy groups -OCH3 is 1. The third-order valence-corrected chi connectivity index (χ3v) is 4.29. The van der Waals surface area contributed by atoms with E-state index in [1.54, 1.807) is 44.7 Å². The topological polar surface area (TPSA) is 72.8 Å². The highest BCUT2D eigenvalue weighted by Gasteiger charge is 2.14. The first-order valence-electron chi connectivity index (χ1n) is 7.96. The number of nitrogens with zero attached hydrogens (tertiary/aromatic N) is 2. The number of rotatable bonds is 9. The molecular formula is C19H21N3O3S. The Kier molecular flexibility index (Phi) is 7.70. The van der Waals surface area contributed by atoms with E-state index in [2.05, 4.69) is 22.1 Å². The maximum Gasteiger partial charge on any atom is 0.253 e. The molecule has 7 heteroatoms. The molecule has 0 bridgehead atoms. The number of hydrogen-bond donors (Lipinski definition) is 1. The van der Waals surface area contributed by atoms with Crippen LogP contribution in [-0.4, -0.2) is 36.1 Å². The zero-order chi connectivity index (χ0) is 18.8. The molecule has 0 fully saturated rings. The van der Waals surface area contributed by atoms with Gasteiger partial charge in [0.25, 0.3) is 5.91 Å². The van der Waals surface area contributed by atoms with Crippen LogP contribution in [0.4, 0.5) is 0 Å². The lowest BCUT2D eigenvalue weighted by Gasteiger charge is -2.10. The van der Waals surface area contributed by atoms with Gasteiger partial charge in [-0.25, -0.2) is 10.4 Å². The van der Waals surface area contributed by atoms with Crippen molar-refractivity contribution in [3.63, 3.8) is 0 Å². The maximum absolute atomic E-state index is 12.1. The molecule has 0 radical (unpaired) electrons. The summed E-state index contributed by atoms with van der Waals surface area (Å²) in [6.45, 7) is 5.81. The van der Waals surface area contributed by atoms with E-state index in [0.717, 1.165) is 10.6 Å². The second-order valence-corrected chi connectivity index (χ2v) is 6.53. The molecule has 136 valence electrons. The van der Waals surface area contributed by atoms with Crippen LogP contribution in [0.15, 0.2) is 65.4 Å². The summed E-state index contributed by atoms with van der Waals surface area (Å²) in [4.78, 5) is 16.3. The van der Waals surface area contributed by atoms with Gasteiger partial charge in [0, 0.05) is 6.20 Å². The lowest BCUT2D eigenvalue weighted by atomic mass is 10.2. The molecule has 1 aromatic heterocycles. The molecule has 1 amide bonds. The molecule has 26 heavy (non-hydrogen) atoms. The molecule has 1 aromatic carbocycles. The average molecular weight is 371 g/mol. The Morgan fingerprint density at radius 2 is 2.23 bits per heavy atom. The number of ether oxygens (including phenoxy) is 2. The van der Waals surface area contributed by atoms with E-state index < -0.39 is 0 Å². The number of pyridine rings is 1. The quantitative estimate of drug-likeness (QED) is 0.317. The predicted molar refractivity (Wildman–Crippen MR) is 104 cm³/mol. The van der Waals surface area contributed by atoms with Crippen molar-refractivity contribution in [2.75, 3.05) is 13.7 Å². The monoisotopic (exact) mass is 371 g/mol. The molecule has 0 saturated heterocycles. The summed E-state index contributed by atoms with van der Waals surface area (Å²) in [6.07, 6.45) is 4.91. The number of thioether (sulfide) groups is 1. The van der Waals surface area contributed by atoms with Gasteiger partial charge in [-0.05, 0) is 42.8 Å². The third-order valence-electron chi connectivity index (χ3n) is 3.24. The van der Waals surface area contributed by atoms with Gasteiger partial charge in [-0.2, -0.15) is 5.10 Å². The number of amides is 1. The van der Waals surface area contributed by atoms with Crippen molar-refractivity contribution in [1.29, 1.82) is 0 Å². The Labute approximate surface area is 157 Å². The van der Waals surface area contributed by atoms with Crippen LogP contribution >= 0.6 is 11.8 Å². The average Bonchev–Trinajstić information content (AvgIpc) is 2.67. The van der Waals surface area contributed by atoms with Crippen LogP contribution in [-0.2, 0) is 4.79 Å². The van der Waals surface area contributed by atoms with Crippen molar-refractivity contribution in [2.24, 2.45) is 5.10 Å². The SMILES string of the molecule is C=CCOc1ccc(/C=N\NC(=O)[C@@H](C)Sc2ccccn2)cc1OC. The number of hydrazone groups is 1. The summed E-state index contributed by atoms with van der Waals surface area (Å²) >= 11 is 1.37. The van der Waals surface area contributed by atoms with Crippen molar-refractivity contribution in [3.8, 4) is 11.5 Å². The van der Waals surface area contributed by atoms with Crippen LogP contribution < -0.4 is 14.9 Å². The Hall–Kier alpha value is -2.80. The van der Waals surface area contributed by atoms with Gasteiger partial charge in [-0.15, -0.1) is 0 Å². The molecule has 0 saturated carbocycles. The largest absolute Gasteiger partial charge is 0.493 e. The minimum absolute atomic E-state index is 0.199. The summed E-state index contributed by atoms with van der Waals surface area (Å²) in [5, 5.41) is 4.48. The molecule has 6 nitrogen and oxygen atoms in total. The predicted octanol–water partition coefficient (Wildman–Crippen LogP) is 3.29. The normalized spacial score (nSPS) is 11.8. The highest BCUT2D eigenvalue weighted by molar-refractivity contribution is 8.00. The first-order chi connectivity index (χ1) is 12.6. The van der Waals surface area contributed by atoms with Crippen LogP contribution in [0.2, 0.25) is 0 Å². The van der Waals surface area contributed by atoms with Gasteiger partial charge in [0.1, 0.15) is 6.61 Å². The Bertz CT molecular complexity index is 766. The molecule has 2 aromatic rings. The van der Waals surface area contributed by atoms with E-state index in [0.29, 0.717) is 18.1 Å². The highest BCUT2D eigenvalue weighted by Crippen LogP contribution is 2.27. The lowest BCUT2D eigenvalue weighted by Crippen LogP contribution is -2.26. The van der Waals surface area contributed by atoms with Crippen LogP contribution in [0.5, 0.6) is 11.5 Å². The van der Waals surface area contributed by atoms with Gasteiger partial charge in [-0.1, -0.05) is 30.5 Å². The molecule has 0 aliphatic heterocycles. The first kappa shape index (κ1) is 19.5. The summed E-state index contributed by atoms with van der Waals surface area (Å²) in [5.74, 6) is 1.00. The Morgan fingerprint density at radius 1 is 1.38 bits per heavy atom. The number of carbonyl (C=O) groups excluding carboxylic acids is 1. The van der Waals surface area contributed by atoms with Gasteiger partial charge in [-0.3, -0.25) is 4.79 Å². The fraction of sp³-hybridized carbons (Fsp3) is 0.211. The van der Waals surface area contributed by atoms with E-state index in [-0.39, 0.29) is 11.2 Å². The van der Waals surface area contributed by atoms with E-state index >= 15 is 0 Å². The fourth-order valence-corrected chi connectivity index (χ4v) is 2.75. The summed E-state index contributed by atoms with van der Waals surface area (Å²) in [5.41, 5.74) is 3.31. The lowest BCUT2D eigenvalue weighted by molar-refractivity contribution is -0.120. The minimum Gasteiger partial charge on any atom is -0.493 e. The number of aromatic nitrogens is 1. The van der Waals surface area contributed by atoms with E-state index in [1.165, 1.54) is 11.8 Å². The molecule has 1 N–H and O–H groups in total. The molecule has 1 heterocycles. The summed E-state index contributed by atoms with van der Waals surface area (Å²) < 4.78 is 10.8. The van der Waals surface area contributed by atoms with Gasteiger partial charge in [0.05, 0.1) is 23.6 Å². The smallest absolute Gasteiger partial charge is 0.253 e. The Morgan fingerprint density at radius 3 is 2.92 bits per heavy atom. The van der Waals surface area contributed by atoms with Crippen LogP contribution in [0.25, 0.3) is 0 Å². The molecule has 1 atom stereocenters. The van der Waals surface area contributed by atoms with Gasteiger partial charge in [0.2, 0.25) is 0 Å². The maximum atomic E-state index is 12.1. The van der Waals surface area contributed by atoms with Gasteiger partial charge < -0.3 is 9.47 Å². The van der Waals surface area contributed by atoms with E-state index in [9.17, 15) is 4.79 Å². The van der Waals surface area contributed by atoms with Gasteiger partial charge in [0.15, 0.2) is 11.5 Å². The number of nitrogens with one attached hydrogen (secondary N) is 1. The molecule has 0 unspecified atom stereocenters. The minimum atomic E-state index is -0.314. The molecular weight excluding hydrogens is 350 g/mol. The van der Waals surface area contributed by atoms with Crippen molar-refractivity contribution in [3.05, 3.63) is 60.8 Å². The second kappa shape index (κ2) is 10.2. The van der Waals surface area contributed by atoms with Crippen LogP contribution in [0.3, 0.4) is 0 Å². The summed E-state index contributed by atoms with van der Waals surface area (Å²) in [6, 6.07) is 11.0. The van der Waals surface area contributed by atoms with Crippen molar-refractivity contribution >= 4 is 23.9 Å². The van der Waals surface area contributed by atoms with Crippen LogP contribution in [0, 0.1) is 0 Å². The van der Waals surface area contributed by atoms with Crippen LogP contribution in [0.1, 0.15) is 12.5 Å². The van der Waals surface area contributed by atoms with Gasteiger partial charge >= 0.3 is 0 Å². The molecule has 0 spiro atoms. The Balaban J connectivity index is 1.92. The fourth-order valence-electron chi connectivity index (χ4n) is 1.95. The molecule has 0 aliphatic rings. The number of benzene rings is 1. The first-order valence-corrected chi connectivity index (χ1v) is 8.84. The van der Waals surface area contributed by atoms with Crippen molar-refractivity contribution in [2.45, 2.75) is 17.2 Å². The van der Waals surface area contributed by atoms with Crippen molar-refractivity contribution in [1.82, 2.24) is 10.4 Å².